The van der Waals surface area contributed by atoms with Crippen molar-refractivity contribution in [2.75, 3.05) is 23.1 Å². The molecule has 2 saturated heterocycles. The first-order chi connectivity index (χ1) is 7.36. The molecule has 4 heteroatoms. The number of hydrogen-bond acceptors (Lipinski definition) is 3. The van der Waals surface area contributed by atoms with Crippen LogP contribution in [0.3, 0.4) is 0 Å². The molecular formula is C11H13N3S. The Labute approximate surface area is 93.6 Å². The molecule has 1 aromatic carbocycles. The second kappa shape index (κ2) is 3.45. The summed E-state index contributed by atoms with van der Waals surface area (Å²) in [6.07, 6.45) is 0.407. The summed E-state index contributed by atoms with van der Waals surface area (Å²) in [5.74, 6) is 2.85. The van der Waals surface area contributed by atoms with Crippen LogP contribution >= 0.6 is 11.8 Å². The molecule has 2 heterocycles. The first-order valence-electron chi connectivity index (χ1n) is 5.10. The van der Waals surface area contributed by atoms with Crippen molar-refractivity contribution < 1.29 is 0 Å². The molecule has 0 bridgehead atoms. The third kappa shape index (κ3) is 1.40. The van der Waals surface area contributed by atoms with Crippen LogP contribution in [0.15, 0.2) is 30.3 Å². The van der Waals surface area contributed by atoms with Gasteiger partial charge in [0.05, 0.1) is 12.4 Å². The number of anilines is 1. The highest BCUT2D eigenvalue weighted by atomic mass is 32.2. The Morgan fingerprint density at radius 3 is 2.80 bits per heavy atom. The topological polar surface area (TPSA) is 30.3 Å². The predicted molar refractivity (Wildman–Crippen MR) is 64.5 cm³/mol. The van der Waals surface area contributed by atoms with Crippen LogP contribution in [0.4, 0.5) is 5.69 Å². The highest BCUT2D eigenvalue weighted by Gasteiger charge is 2.38. The summed E-state index contributed by atoms with van der Waals surface area (Å²) in [5, 5.41) is 7.93. The van der Waals surface area contributed by atoms with Crippen LogP contribution < -0.4 is 4.90 Å². The molecule has 0 spiro atoms. The van der Waals surface area contributed by atoms with Crippen molar-refractivity contribution in [3.05, 3.63) is 30.3 Å². The van der Waals surface area contributed by atoms with Crippen molar-refractivity contribution >= 4 is 23.3 Å². The Morgan fingerprint density at radius 2 is 2.00 bits per heavy atom. The third-order valence-electron chi connectivity index (χ3n) is 2.97. The normalized spacial score (nSPS) is 24.8. The first-order valence-corrected chi connectivity index (χ1v) is 6.25. The summed E-state index contributed by atoms with van der Waals surface area (Å²) in [5.41, 5.74) is 1.23. The van der Waals surface area contributed by atoms with Crippen LogP contribution in [-0.4, -0.2) is 35.1 Å². The SMILES string of the molecule is N=C1CN(c2ccccc2)C2CSCN12. The number of rotatable bonds is 1. The molecule has 0 radical (unpaired) electrons. The maximum atomic E-state index is 7.93. The Bertz CT molecular complexity index is 379. The summed E-state index contributed by atoms with van der Waals surface area (Å²) in [6, 6.07) is 10.4. The molecule has 2 aliphatic heterocycles. The van der Waals surface area contributed by atoms with Crippen LogP contribution in [0.25, 0.3) is 0 Å². The highest BCUT2D eigenvalue weighted by Crippen LogP contribution is 2.32. The minimum absolute atomic E-state index is 0.407. The van der Waals surface area contributed by atoms with Gasteiger partial charge in [-0.15, -0.1) is 11.8 Å². The molecule has 1 aromatic rings. The smallest absolute Gasteiger partial charge is 0.118 e. The molecule has 0 saturated carbocycles. The molecule has 15 heavy (non-hydrogen) atoms. The minimum atomic E-state index is 0.407. The van der Waals surface area contributed by atoms with E-state index in [1.165, 1.54) is 5.69 Å². The molecule has 0 amide bonds. The maximum Gasteiger partial charge on any atom is 0.118 e. The number of hydrogen-bond donors (Lipinski definition) is 1. The van der Waals surface area contributed by atoms with Gasteiger partial charge in [0, 0.05) is 11.4 Å². The molecule has 2 fully saturated rings. The first kappa shape index (κ1) is 9.09. The van der Waals surface area contributed by atoms with Gasteiger partial charge in [0.1, 0.15) is 12.0 Å². The Morgan fingerprint density at radius 1 is 1.20 bits per heavy atom. The average Bonchev–Trinajstić information content (AvgIpc) is 2.84. The number of para-hydroxylation sites is 1. The fourth-order valence-electron chi connectivity index (χ4n) is 2.19. The molecule has 1 N–H and O–H groups in total. The van der Waals surface area contributed by atoms with Crippen LogP contribution in [0.1, 0.15) is 0 Å². The second-order valence-corrected chi connectivity index (χ2v) is 4.86. The van der Waals surface area contributed by atoms with Gasteiger partial charge in [0.2, 0.25) is 0 Å². The van der Waals surface area contributed by atoms with E-state index in [4.69, 9.17) is 5.41 Å². The number of nitrogens with zero attached hydrogens (tertiary/aromatic N) is 2. The monoisotopic (exact) mass is 219 g/mol. The average molecular weight is 219 g/mol. The van der Waals surface area contributed by atoms with Gasteiger partial charge in [0.25, 0.3) is 0 Å². The van der Waals surface area contributed by atoms with E-state index in [0.29, 0.717) is 6.17 Å². The van der Waals surface area contributed by atoms with Gasteiger partial charge in [0.15, 0.2) is 0 Å². The molecule has 1 atom stereocenters. The molecule has 2 aliphatic rings. The molecule has 0 aliphatic carbocycles. The quantitative estimate of drug-likeness (QED) is 0.781. The van der Waals surface area contributed by atoms with Crippen LogP contribution in [0, 0.1) is 5.41 Å². The zero-order valence-electron chi connectivity index (χ0n) is 8.39. The maximum absolute atomic E-state index is 7.93. The van der Waals surface area contributed by atoms with E-state index in [2.05, 4.69) is 34.1 Å². The lowest BCUT2D eigenvalue weighted by molar-refractivity contribution is 0.435. The number of amidine groups is 1. The minimum Gasteiger partial charge on any atom is -0.343 e. The van der Waals surface area contributed by atoms with E-state index in [1.807, 2.05) is 17.8 Å². The zero-order chi connectivity index (χ0) is 10.3. The summed E-state index contributed by atoms with van der Waals surface area (Å²) < 4.78 is 0. The van der Waals surface area contributed by atoms with Crippen LogP contribution in [-0.2, 0) is 0 Å². The third-order valence-corrected chi connectivity index (χ3v) is 3.97. The van der Waals surface area contributed by atoms with Crippen LogP contribution in [0.2, 0.25) is 0 Å². The van der Waals surface area contributed by atoms with E-state index in [1.54, 1.807) is 0 Å². The van der Waals surface area contributed by atoms with E-state index >= 15 is 0 Å². The fraction of sp³-hybridized carbons (Fsp3) is 0.364. The van der Waals surface area contributed by atoms with Crippen molar-refractivity contribution in [1.29, 1.82) is 5.41 Å². The van der Waals surface area contributed by atoms with Crippen molar-refractivity contribution in [2.24, 2.45) is 0 Å². The van der Waals surface area contributed by atoms with Crippen molar-refractivity contribution in [3.63, 3.8) is 0 Å². The van der Waals surface area contributed by atoms with Crippen molar-refractivity contribution in [1.82, 2.24) is 4.90 Å². The summed E-state index contributed by atoms with van der Waals surface area (Å²) in [7, 11) is 0. The highest BCUT2D eigenvalue weighted by molar-refractivity contribution is 7.99. The number of thioether (sulfide) groups is 1. The second-order valence-electron chi connectivity index (χ2n) is 3.86. The van der Waals surface area contributed by atoms with E-state index in [9.17, 15) is 0 Å². The van der Waals surface area contributed by atoms with Gasteiger partial charge in [-0.3, -0.25) is 5.41 Å². The van der Waals surface area contributed by atoms with Crippen molar-refractivity contribution in [3.8, 4) is 0 Å². The van der Waals surface area contributed by atoms with Gasteiger partial charge in [-0.25, -0.2) is 0 Å². The lowest BCUT2D eigenvalue weighted by Gasteiger charge is -2.25. The van der Waals surface area contributed by atoms with Gasteiger partial charge in [-0.1, -0.05) is 18.2 Å². The predicted octanol–water partition coefficient (Wildman–Crippen LogP) is 1.82. The number of benzene rings is 1. The molecule has 3 nitrogen and oxygen atoms in total. The largest absolute Gasteiger partial charge is 0.343 e. The van der Waals surface area contributed by atoms with Crippen molar-refractivity contribution in [2.45, 2.75) is 6.17 Å². The van der Waals surface area contributed by atoms with Gasteiger partial charge in [-0.05, 0) is 12.1 Å². The molecule has 1 unspecified atom stereocenters. The zero-order valence-corrected chi connectivity index (χ0v) is 9.20. The Hall–Kier alpha value is -1.16. The Balaban J connectivity index is 1.92. The molecular weight excluding hydrogens is 206 g/mol. The van der Waals surface area contributed by atoms with Crippen LogP contribution in [0.5, 0.6) is 0 Å². The fourth-order valence-corrected chi connectivity index (χ4v) is 3.39. The molecule has 78 valence electrons. The van der Waals surface area contributed by atoms with Gasteiger partial charge >= 0.3 is 0 Å². The van der Waals surface area contributed by atoms with E-state index in [-0.39, 0.29) is 0 Å². The standard InChI is InChI=1S/C11H13N3S/c12-10-6-13(9-4-2-1-3-5-9)11-7-15-8-14(10)11/h1-5,11-12H,6-8H2. The molecule has 3 rings (SSSR count). The number of fused-ring (bicyclic) bond motifs is 1. The molecule has 0 aromatic heterocycles. The lowest BCUT2D eigenvalue weighted by atomic mass is 10.3. The van der Waals surface area contributed by atoms with Gasteiger partial charge in [-0.2, -0.15) is 0 Å². The summed E-state index contributed by atoms with van der Waals surface area (Å²) in [4.78, 5) is 4.51. The van der Waals surface area contributed by atoms with Gasteiger partial charge < -0.3 is 9.80 Å². The summed E-state index contributed by atoms with van der Waals surface area (Å²) in [6.45, 7) is 0.759. The van der Waals surface area contributed by atoms with E-state index < -0.39 is 0 Å². The number of nitrogens with one attached hydrogen (secondary N) is 1. The summed E-state index contributed by atoms with van der Waals surface area (Å²) >= 11 is 1.91. The Kier molecular flexibility index (Phi) is 2.09. The lowest BCUT2D eigenvalue weighted by Crippen LogP contribution is -2.36. The van der Waals surface area contributed by atoms with E-state index in [0.717, 1.165) is 24.0 Å².